The zero-order valence-electron chi connectivity index (χ0n) is 57.2. The van der Waals surface area contributed by atoms with Crippen molar-refractivity contribution in [1.29, 1.82) is 0 Å². The van der Waals surface area contributed by atoms with Gasteiger partial charge in [-0.15, -0.1) is 13.2 Å². The molecular weight excluding hydrogens is 1640 g/mol. The SMILES string of the molecule is C=CCCC(=O)O.C=CCCC(=O)OC(c1cc(OCCCC(F)(F)C(F)(F)C(F)(F)C(F)(F)F)c(OCCCC(F)(F)C(F)(F)C(F)(F)C(F)(F)F)cc1[N+](=O)[O-])C(C)(C)C.CC(C)(C)C(O)c1cc(OCCCC(F)(F)C(F)(F)C(F)(F)C(F)(F)F)c(OCCCC(F)(F)C(F)(F)C(F)(F)C(F)(F)F)cc1[N+](=O)[O-]. The summed E-state index contributed by atoms with van der Waals surface area (Å²) in [6.45, 7) is 9.46. The summed E-state index contributed by atoms with van der Waals surface area (Å²) < 4.78 is 499. The number of nitrogens with zero attached hydrogens (tertiary/aromatic N) is 2. The number of aliphatic hydroxyl groups is 1. The Hall–Kier alpha value is -7.70. The summed E-state index contributed by atoms with van der Waals surface area (Å²) >= 11 is 0. The topological polar surface area (TPSA) is 207 Å². The summed E-state index contributed by atoms with van der Waals surface area (Å²) in [5.74, 6) is -86.7. The number of halogens is 36. The van der Waals surface area contributed by atoms with Crippen LogP contribution >= 0.6 is 0 Å². The Bertz CT molecular complexity index is 3430. The third-order valence-electron chi connectivity index (χ3n) is 14.5. The fraction of sp³-hybridized carbons (Fsp3) is 0.700. The fourth-order valence-corrected chi connectivity index (χ4v) is 8.30. The van der Waals surface area contributed by atoms with E-state index in [2.05, 4.69) is 13.2 Å². The van der Waals surface area contributed by atoms with Gasteiger partial charge in [0.05, 0.1) is 65.6 Å². The molecule has 0 aliphatic heterocycles. The minimum atomic E-state index is -7.23. The van der Waals surface area contributed by atoms with Crippen molar-refractivity contribution in [2.45, 2.75) is 227 Å². The van der Waals surface area contributed by atoms with Crippen LogP contribution in [0.2, 0.25) is 0 Å². The molecule has 0 spiro atoms. The van der Waals surface area contributed by atoms with E-state index in [4.69, 9.17) is 28.8 Å². The molecule has 0 aliphatic rings. The van der Waals surface area contributed by atoms with E-state index in [9.17, 15) is 193 Å². The summed E-state index contributed by atoms with van der Waals surface area (Å²) in [5, 5.41) is 42.3. The van der Waals surface area contributed by atoms with E-state index in [1.54, 1.807) is 6.08 Å². The zero-order chi connectivity index (χ0) is 88.2. The van der Waals surface area contributed by atoms with Gasteiger partial charge in [0.15, 0.2) is 23.0 Å². The smallest absolute Gasteiger partial charge is 0.460 e. The molecule has 644 valence electrons. The Morgan fingerprint density at radius 3 is 0.838 bits per heavy atom. The second kappa shape index (κ2) is 36.6. The van der Waals surface area contributed by atoms with Crippen molar-refractivity contribution in [2.24, 2.45) is 10.8 Å². The van der Waals surface area contributed by atoms with Crippen LogP contribution in [0.5, 0.6) is 23.0 Å². The molecule has 0 amide bonds. The van der Waals surface area contributed by atoms with Gasteiger partial charge in [-0.2, -0.15) is 158 Å². The Morgan fingerprint density at radius 2 is 0.631 bits per heavy atom. The van der Waals surface area contributed by atoms with Crippen molar-refractivity contribution in [3.8, 4) is 23.0 Å². The number of aliphatic hydroxyl groups excluding tert-OH is 1. The number of alkyl halides is 36. The summed E-state index contributed by atoms with van der Waals surface area (Å²) in [6.07, 6.45) is -44.2. The first kappa shape index (κ1) is 103. The van der Waals surface area contributed by atoms with E-state index in [0.717, 1.165) is 0 Å². The number of carbonyl (C=O) groups excluding carboxylic acids is 1. The highest BCUT2D eigenvalue weighted by atomic mass is 19.5. The molecular formula is C60H64F36N2O13. The molecule has 0 bridgehead atoms. The maximum absolute atomic E-state index is 14.0. The highest BCUT2D eigenvalue weighted by molar-refractivity contribution is 5.70. The number of benzene rings is 2. The number of nitro groups is 2. The lowest BCUT2D eigenvalue weighted by Crippen LogP contribution is -2.60. The quantitative estimate of drug-likeness (QED) is 0.0160. The number of ether oxygens (including phenoxy) is 5. The predicted octanol–water partition coefficient (Wildman–Crippen LogP) is 22.4. The molecule has 2 unspecified atom stereocenters. The summed E-state index contributed by atoms with van der Waals surface area (Å²) in [4.78, 5) is 43.5. The van der Waals surface area contributed by atoms with Crippen LogP contribution < -0.4 is 18.9 Å². The average molecular weight is 1710 g/mol. The number of allylic oxidation sites excluding steroid dienone is 2. The standard InChI is InChI=1S/C30H31F18NO6.C25H25F18NO5.C5H8O2/c1-5-6-9-20(50)55-21(22(2,3)4)16-14-18(53-12-7-10-23(31,32)25(35,36)27(39,40)29(43,44)45)19(15-17(16)49(51)52)54-13-8-11-24(33,34)26(37,38)28(41,42)30(46,47)48;1-17(2,3)16(45)12-10-14(48-8-4-6-18(26,27)20(30,31)22(34,35)24(38,39)40)15(11-13(12)44(46)47)49-9-5-7-19(28,29)21(32,33)23(36,37)25(41,42)43;1-2-3-4-5(6)7/h5,14-15,21H,1,6-13H2,2-4H3;10-11,16,45H,4-9H2,1-3H3;2H,1,3-4H2,(H,6,7). The third-order valence-corrected chi connectivity index (χ3v) is 14.5. The molecule has 0 aliphatic carbocycles. The number of hydrogen-bond donors (Lipinski definition) is 2. The van der Waals surface area contributed by atoms with E-state index < -0.39 is 264 Å². The van der Waals surface area contributed by atoms with Crippen LogP contribution in [-0.2, 0) is 14.3 Å². The van der Waals surface area contributed by atoms with Gasteiger partial charge in [-0.1, -0.05) is 53.7 Å². The molecule has 2 aromatic carbocycles. The van der Waals surface area contributed by atoms with Crippen LogP contribution in [0.15, 0.2) is 49.6 Å². The third kappa shape index (κ3) is 24.7. The monoisotopic (exact) mass is 1700 g/mol. The fourth-order valence-electron chi connectivity index (χ4n) is 8.30. The number of hydrogen-bond acceptors (Lipinski definition) is 12. The van der Waals surface area contributed by atoms with Crippen LogP contribution in [0.3, 0.4) is 0 Å². The van der Waals surface area contributed by atoms with Gasteiger partial charge in [0.25, 0.3) is 11.4 Å². The Balaban J connectivity index is 0.00000201. The predicted molar refractivity (Wildman–Crippen MR) is 308 cm³/mol. The van der Waals surface area contributed by atoms with Crippen molar-refractivity contribution < 1.29 is 211 Å². The van der Waals surface area contributed by atoms with Crippen LogP contribution in [0.4, 0.5) is 169 Å². The molecule has 0 radical (unpaired) electrons. The minimum Gasteiger partial charge on any atom is -0.490 e. The van der Waals surface area contributed by atoms with E-state index >= 15 is 0 Å². The van der Waals surface area contributed by atoms with Crippen LogP contribution in [0.25, 0.3) is 0 Å². The first-order valence-corrected chi connectivity index (χ1v) is 30.5. The molecule has 0 fully saturated rings. The van der Waals surface area contributed by atoms with E-state index in [-0.39, 0.29) is 19.3 Å². The second-order valence-corrected chi connectivity index (χ2v) is 25.5. The lowest BCUT2D eigenvalue weighted by molar-refractivity contribution is -0.396. The maximum Gasteiger partial charge on any atom is 0.460 e. The average Bonchev–Trinajstić information content (AvgIpc) is 0.755. The molecule has 15 nitrogen and oxygen atoms in total. The van der Waals surface area contributed by atoms with Crippen molar-refractivity contribution in [1.82, 2.24) is 0 Å². The van der Waals surface area contributed by atoms with Gasteiger partial charge in [0, 0.05) is 43.9 Å². The molecule has 0 saturated carbocycles. The number of aliphatic carboxylic acids is 1. The molecule has 2 atom stereocenters. The molecule has 2 aromatic rings. The molecule has 0 heterocycles. The van der Waals surface area contributed by atoms with Gasteiger partial charge in [-0.3, -0.25) is 29.8 Å². The number of carboxylic acids is 1. The Kier molecular flexibility index (Phi) is 34.1. The Morgan fingerprint density at radius 1 is 0.396 bits per heavy atom. The van der Waals surface area contributed by atoms with Gasteiger partial charge in [0.2, 0.25) is 0 Å². The van der Waals surface area contributed by atoms with Gasteiger partial charge in [-0.05, 0) is 56.1 Å². The van der Waals surface area contributed by atoms with Crippen molar-refractivity contribution >= 4 is 23.3 Å². The molecule has 0 saturated heterocycles. The van der Waals surface area contributed by atoms with Crippen LogP contribution in [-0.4, -0.2) is 154 Å². The van der Waals surface area contributed by atoms with E-state index in [1.807, 2.05) is 0 Å². The molecule has 111 heavy (non-hydrogen) atoms. The normalized spacial score (nSPS) is 14.5. The van der Waals surface area contributed by atoms with Crippen molar-refractivity contribution in [3.05, 3.63) is 80.9 Å². The van der Waals surface area contributed by atoms with Gasteiger partial charge < -0.3 is 33.9 Å². The highest BCUT2D eigenvalue weighted by Crippen LogP contribution is 2.59. The number of rotatable bonds is 39. The van der Waals surface area contributed by atoms with Gasteiger partial charge in [0.1, 0.15) is 6.10 Å². The van der Waals surface area contributed by atoms with Gasteiger partial charge in [-0.25, -0.2) is 0 Å². The molecule has 2 rings (SSSR count). The van der Waals surface area contributed by atoms with E-state index in [1.165, 1.54) is 47.6 Å². The lowest BCUT2D eigenvalue weighted by atomic mass is 9.83. The highest BCUT2D eigenvalue weighted by Gasteiger charge is 2.84. The second-order valence-electron chi connectivity index (χ2n) is 25.5. The summed E-state index contributed by atoms with van der Waals surface area (Å²) in [6, 6.07) is 1.86. The minimum absolute atomic E-state index is 0.0380. The number of esters is 1. The van der Waals surface area contributed by atoms with Gasteiger partial charge >= 0.3 is 108 Å². The summed E-state index contributed by atoms with van der Waals surface area (Å²) in [5.41, 5.74) is -5.87. The van der Waals surface area contributed by atoms with E-state index in [0.29, 0.717) is 30.7 Å². The lowest BCUT2D eigenvalue weighted by Gasteiger charge is -2.33. The summed E-state index contributed by atoms with van der Waals surface area (Å²) in [7, 11) is 0. The van der Waals surface area contributed by atoms with Crippen LogP contribution in [0.1, 0.15) is 142 Å². The molecule has 51 heteroatoms. The van der Waals surface area contributed by atoms with Crippen LogP contribution in [0, 0.1) is 31.1 Å². The zero-order valence-corrected chi connectivity index (χ0v) is 57.2. The van der Waals surface area contributed by atoms with Crippen molar-refractivity contribution in [2.75, 3.05) is 26.4 Å². The molecule has 0 aromatic heterocycles. The largest absolute Gasteiger partial charge is 0.490 e. The number of carboxylic acid groups (broad SMARTS) is 1. The Labute approximate surface area is 601 Å². The first-order valence-electron chi connectivity index (χ1n) is 30.5. The number of carbonyl (C=O) groups is 2. The first-order chi connectivity index (χ1) is 49.2. The maximum atomic E-state index is 14.0. The van der Waals surface area contributed by atoms with Crippen molar-refractivity contribution in [3.63, 3.8) is 0 Å². The molecule has 2 N–H and O–H groups in total. The number of nitro benzene ring substituents is 2.